The van der Waals surface area contributed by atoms with Crippen molar-refractivity contribution in [1.82, 2.24) is 4.31 Å². The molecule has 110 valence electrons. The summed E-state index contributed by atoms with van der Waals surface area (Å²) in [6, 6.07) is 2.49. The highest BCUT2D eigenvalue weighted by Gasteiger charge is 2.30. The maximum absolute atomic E-state index is 12.5. The van der Waals surface area contributed by atoms with Crippen molar-refractivity contribution >= 4 is 39.2 Å². The molecular formula is C12H13Cl2NO4S. The lowest BCUT2D eigenvalue weighted by atomic mass is 10.2. The predicted octanol–water partition coefficient (Wildman–Crippen LogP) is 2.87. The molecule has 1 N–H and O–H groups in total. The number of benzene rings is 1. The zero-order valence-corrected chi connectivity index (χ0v) is 12.8. The van der Waals surface area contributed by atoms with E-state index < -0.39 is 16.0 Å². The van der Waals surface area contributed by atoms with Crippen LogP contribution in [0, 0.1) is 0 Å². The summed E-state index contributed by atoms with van der Waals surface area (Å²) in [7, 11) is -3.79. The van der Waals surface area contributed by atoms with Gasteiger partial charge in [0.1, 0.15) is 4.90 Å². The Hall–Kier alpha value is -0.820. The molecular weight excluding hydrogens is 325 g/mol. The molecule has 5 nitrogen and oxygen atoms in total. The van der Waals surface area contributed by atoms with Gasteiger partial charge in [-0.1, -0.05) is 29.6 Å². The summed E-state index contributed by atoms with van der Waals surface area (Å²) < 4.78 is 26.3. The van der Waals surface area contributed by atoms with Gasteiger partial charge in [0.05, 0.1) is 15.6 Å². The number of hydrogen-bond acceptors (Lipinski definition) is 3. The third kappa shape index (κ3) is 2.79. The van der Waals surface area contributed by atoms with Gasteiger partial charge in [-0.3, -0.25) is 0 Å². The molecule has 0 bridgehead atoms. The van der Waals surface area contributed by atoms with Crippen LogP contribution in [0.5, 0.6) is 0 Å². The van der Waals surface area contributed by atoms with E-state index in [0.29, 0.717) is 13.1 Å². The molecule has 1 aliphatic rings. The van der Waals surface area contributed by atoms with Crippen LogP contribution in [-0.4, -0.2) is 36.9 Å². The van der Waals surface area contributed by atoms with Gasteiger partial charge in [0.2, 0.25) is 10.0 Å². The molecule has 0 aliphatic carbocycles. The second kappa shape index (κ2) is 5.89. The third-order valence-electron chi connectivity index (χ3n) is 3.20. The van der Waals surface area contributed by atoms with Crippen molar-refractivity contribution in [1.29, 1.82) is 0 Å². The van der Waals surface area contributed by atoms with E-state index in [2.05, 4.69) is 0 Å². The van der Waals surface area contributed by atoms with Crippen molar-refractivity contribution < 1.29 is 18.3 Å². The molecule has 0 atom stereocenters. The van der Waals surface area contributed by atoms with E-state index in [9.17, 15) is 13.2 Å². The first-order valence-electron chi connectivity index (χ1n) is 6.07. The Labute approximate surface area is 127 Å². The molecule has 0 spiro atoms. The molecule has 0 amide bonds. The SMILES string of the molecule is O=C(O)c1c(Cl)ccc(S(=O)(=O)N2CCCCC2)c1Cl. The Bertz CT molecular complexity index is 639. The molecule has 2 rings (SSSR count). The van der Waals surface area contributed by atoms with Crippen LogP contribution in [0.4, 0.5) is 0 Å². The normalized spacial score (nSPS) is 17.1. The van der Waals surface area contributed by atoms with E-state index >= 15 is 0 Å². The Morgan fingerprint density at radius 3 is 2.30 bits per heavy atom. The molecule has 0 radical (unpaired) electrons. The summed E-state index contributed by atoms with van der Waals surface area (Å²) in [5.41, 5.74) is -0.383. The summed E-state index contributed by atoms with van der Waals surface area (Å²) in [6.07, 6.45) is 2.56. The first-order chi connectivity index (χ1) is 9.35. The van der Waals surface area contributed by atoms with E-state index in [1.54, 1.807) is 0 Å². The molecule has 20 heavy (non-hydrogen) atoms. The summed E-state index contributed by atoms with van der Waals surface area (Å²) in [4.78, 5) is 10.9. The average Bonchev–Trinajstić information content (AvgIpc) is 2.39. The van der Waals surface area contributed by atoms with Crippen molar-refractivity contribution in [2.45, 2.75) is 24.2 Å². The number of aromatic carboxylic acids is 1. The largest absolute Gasteiger partial charge is 0.478 e. The molecule has 1 aliphatic heterocycles. The van der Waals surface area contributed by atoms with Crippen molar-refractivity contribution in [3.05, 3.63) is 27.7 Å². The summed E-state index contributed by atoms with van der Waals surface area (Å²) >= 11 is 11.7. The maximum Gasteiger partial charge on any atom is 0.338 e. The fourth-order valence-electron chi connectivity index (χ4n) is 2.17. The van der Waals surface area contributed by atoms with E-state index in [0.717, 1.165) is 19.3 Å². The van der Waals surface area contributed by atoms with Gasteiger partial charge in [-0.25, -0.2) is 13.2 Å². The molecule has 1 heterocycles. The van der Waals surface area contributed by atoms with Gasteiger partial charge in [-0.2, -0.15) is 4.31 Å². The number of carboxylic acids is 1. The lowest BCUT2D eigenvalue weighted by Crippen LogP contribution is -2.35. The van der Waals surface area contributed by atoms with Crippen molar-refractivity contribution in [3.63, 3.8) is 0 Å². The quantitative estimate of drug-likeness (QED) is 0.920. The van der Waals surface area contributed by atoms with Gasteiger partial charge in [-0.05, 0) is 25.0 Å². The van der Waals surface area contributed by atoms with Crippen molar-refractivity contribution in [2.75, 3.05) is 13.1 Å². The van der Waals surface area contributed by atoms with Gasteiger partial charge < -0.3 is 5.11 Å². The van der Waals surface area contributed by atoms with Gasteiger partial charge in [0.15, 0.2) is 0 Å². The second-order valence-corrected chi connectivity index (χ2v) is 7.20. The van der Waals surface area contributed by atoms with Crippen LogP contribution in [0.15, 0.2) is 17.0 Å². The van der Waals surface area contributed by atoms with Crippen LogP contribution in [0.25, 0.3) is 0 Å². The minimum Gasteiger partial charge on any atom is -0.478 e. The smallest absolute Gasteiger partial charge is 0.338 e. The first kappa shape index (κ1) is 15.6. The molecule has 1 saturated heterocycles. The Morgan fingerprint density at radius 2 is 1.75 bits per heavy atom. The number of carbonyl (C=O) groups is 1. The molecule has 1 fully saturated rings. The van der Waals surface area contributed by atoms with Crippen LogP contribution < -0.4 is 0 Å². The van der Waals surface area contributed by atoms with Crippen LogP contribution in [0.1, 0.15) is 29.6 Å². The Balaban J connectivity index is 2.52. The van der Waals surface area contributed by atoms with Crippen LogP contribution >= 0.6 is 23.2 Å². The van der Waals surface area contributed by atoms with Crippen molar-refractivity contribution in [3.8, 4) is 0 Å². The number of nitrogens with zero attached hydrogens (tertiary/aromatic N) is 1. The van der Waals surface area contributed by atoms with Gasteiger partial charge in [0, 0.05) is 13.1 Å². The first-order valence-corrected chi connectivity index (χ1v) is 8.26. The highest BCUT2D eigenvalue weighted by molar-refractivity contribution is 7.89. The molecule has 0 aromatic heterocycles. The maximum atomic E-state index is 12.5. The number of carboxylic acid groups (broad SMARTS) is 1. The molecule has 1 aromatic carbocycles. The lowest BCUT2D eigenvalue weighted by Gasteiger charge is -2.26. The molecule has 0 saturated carbocycles. The zero-order valence-electron chi connectivity index (χ0n) is 10.5. The summed E-state index contributed by atoms with van der Waals surface area (Å²) in [5, 5.41) is 8.65. The Kier molecular flexibility index (Phi) is 4.59. The van der Waals surface area contributed by atoms with E-state index in [4.69, 9.17) is 28.3 Å². The minimum atomic E-state index is -3.79. The third-order valence-corrected chi connectivity index (χ3v) is 5.96. The highest BCUT2D eigenvalue weighted by atomic mass is 35.5. The number of halogens is 2. The standard InChI is InChI=1S/C12H13Cl2NO4S/c13-8-4-5-9(11(14)10(8)12(16)17)20(18,19)15-6-2-1-3-7-15/h4-5H,1-3,6-7H2,(H,16,17). The fraction of sp³-hybridized carbons (Fsp3) is 0.417. The van der Waals surface area contributed by atoms with Crippen LogP contribution in [0.3, 0.4) is 0 Å². The average molecular weight is 338 g/mol. The number of rotatable bonds is 3. The second-order valence-electron chi connectivity index (χ2n) is 4.50. The topological polar surface area (TPSA) is 74.7 Å². The van der Waals surface area contributed by atoms with Crippen molar-refractivity contribution in [2.24, 2.45) is 0 Å². The fourth-order valence-corrected chi connectivity index (χ4v) is 4.58. The van der Waals surface area contributed by atoms with Gasteiger partial charge >= 0.3 is 5.97 Å². The number of piperidine rings is 1. The minimum absolute atomic E-state index is 0.0832. The van der Waals surface area contributed by atoms with Gasteiger partial charge in [0.25, 0.3) is 0 Å². The van der Waals surface area contributed by atoms with E-state index in [1.807, 2.05) is 0 Å². The summed E-state index contributed by atoms with van der Waals surface area (Å²) in [6.45, 7) is 0.841. The van der Waals surface area contributed by atoms with E-state index in [1.165, 1.54) is 16.4 Å². The highest BCUT2D eigenvalue weighted by Crippen LogP contribution is 2.33. The predicted molar refractivity (Wildman–Crippen MR) is 76.0 cm³/mol. The monoisotopic (exact) mass is 337 g/mol. The van der Waals surface area contributed by atoms with Gasteiger partial charge in [-0.15, -0.1) is 0 Å². The van der Waals surface area contributed by atoms with Crippen LogP contribution in [-0.2, 0) is 10.0 Å². The lowest BCUT2D eigenvalue weighted by molar-refractivity contribution is 0.0697. The van der Waals surface area contributed by atoms with E-state index in [-0.39, 0.29) is 20.5 Å². The summed E-state index contributed by atoms with van der Waals surface area (Å²) in [5.74, 6) is -1.35. The molecule has 0 unspecified atom stereocenters. The Morgan fingerprint density at radius 1 is 1.15 bits per heavy atom. The molecule has 1 aromatic rings. The van der Waals surface area contributed by atoms with Crippen LogP contribution in [0.2, 0.25) is 10.0 Å². The zero-order chi connectivity index (χ0) is 14.9. The molecule has 8 heteroatoms. The number of sulfonamides is 1. The number of hydrogen-bond donors (Lipinski definition) is 1.